The molecule has 1 N–H and O–H groups in total. The second kappa shape index (κ2) is 6.00. The Morgan fingerprint density at radius 1 is 1.17 bits per heavy atom. The Labute approximate surface area is 140 Å². The summed E-state index contributed by atoms with van der Waals surface area (Å²) in [4.78, 5) is 26.2. The van der Waals surface area contributed by atoms with Gasteiger partial charge in [0, 0.05) is 18.2 Å². The van der Waals surface area contributed by atoms with E-state index >= 15 is 0 Å². The summed E-state index contributed by atoms with van der Waals surface area (Å²) in [5, 5.41) is 2.74. The first kappa shape index (κ1) is 14.8. The molecule has 0 radical (unpaired) electrons. The largest absolute Gasteiger partial charge is 0.482 e. The highest BCUT2D eigenvalue weighted by atomic mass is 16.5. The molecule has 122 valence electrons. The lowest BCUT2D eigenvalue weighted by atomic mass is 10.1. The van der Waals surface area contributed by atoms with Crippen LogP contribution < -0.4 is 10.1 Å². The van der Waals surface area contributed by atoms with E-state index in [1.807, 2.05) is 35.2 Å². The second-order valence-electron chi connectivity index (χ2n) is 6.20. The predicted molar refractivity (Wildman–Crippen MR) is 89.9 cm³/mol. The first-order chi connectivity index (χ1) is 11.7. The summed E-state index contributed by atoms with van der Waals surface area (Å²) in [5.74, 6) is 0.380. The monoisotopic (exact) mass is 322 g/mol. The van der Waals surface area contributed by atoms with Gasteiger partial charge in [-0.3, -0.25) is 9.59 Å². The maximum atomic E-state index is 13.0. The minimum absolute atomic E-state index is 0.00431. The minimum atomic E-state index is -0.176. The van der Waals surface area contributed by atoms with Gasteiger partial charge < -0.3 is 15.0 Å². The highest BCUT2D eigenvalue weighted by Gasteiger charge is 2.33. The predicted octanol–water partition coefficient (Wildman–Crippen LogP) is 2.82. The van der Waals surface area contributed by atoms with Crippen LogP contribution in [0.4, 0.5) is 5.69 Å². The first-order valence-corrected chi connectivity index (χ1v) is 8.12. The van der Waals surface area contributed by atoms with E-state index in [0.717, 1.165) is 18.4 Å². The van der Waals surface area contributed by atoms with Gasteiger partial charge in [0.25, 0.3) is 11.8 Å². The van der Waals surface area contributed by atoms with Gasteiger partial charge in [-0.05, 0) is 36.6 Å². The summed E-state index contributed by atoms with van der Waals surface area (Å²) < 4.78 is 5.42. The van der Waals surface area contributed by atoms with Gasteiger partial charge in [-0.1, -0.05) is 30.3 Å². The van der Waals surface area contributed by atoms with Crippen molar-refractivity contribution in [3.63, 3.8) is 0 Å². The molecule has 1 heterocycles. The normalized spacial score (nSPS) is 15.9. The molecule has 0 aromatic heterocycles. The quantitative estimate of drug-likeness (QED) is 0.941. The van der Waals surface area contributed by atoms with Crippen molar-refractivity contribution >= 4 is 17.5 Å². The van der Waals surface area contributed by atoms with Crippen molar-refractivity contribution in [2.45, 2.75) is 25.4 Å². The van der Waals surface area contributed by atoms with Crippen molar-refractivity contribution in [1.82, 2.24) is 4.90 Å². The van der Waals surface area contributed by atoms with Crippen LogP contribution in [0.1, 0.15) is 28.8 Å². The Hall–Kier alpha value is -2.82. The van der Waals surface area contributed by atoms with Crippen LogP contribution in [-0.4, -0.2) is 29.4 Å². The molecule has 5 heteroatoms. The fourth-order valence-electron chi connectivity index (χ4n) is 2.91. The molecule has 2 amide bonds. The zero-order chi connectivity index (χ0) is 16.5. The lowest BCUT2D eigenvalue weighted by Crippen LogP contribution is -2.33. The van der Waals surface area contributed by atoms with Gasteiger partial charge in [-0.2, -0.15) is 0 Å². The van der Waals surface area contributed by atoms with E-state index in [0.29, 0.717) is 29.6 Å². The summed E-state index contributed by atoms with van der Waals surface area (Å²) >= 11 is 0. The smallest absolute Gasteiger partial charge is 0.262 e. The fourth-order valence-corrected chi connectivity index (χ4v) is 2.91. The first-order valence-electron chi connectivity index (χ1n) is 8.12. The summed E-state index contributed by atoms with van der Waals surface area (Å²) in [6, 6.07) is 15.5. The Morgan fingerprint density at radius 2 is 1.96 bits per heavy atom. The van der Waals surface area contributed by atoms with Crippen LogP contribution in [0.2, 0.25) is 0 Å². The van der Waals surface area contributed by atoms with Crippen LogP contribution in [-0.2, 0) is 11.3 Å². The topological polar surface area (TPSA) is 58.6 Å². The van der Waals surface area contributed by atoms with Gasteiger partial charge in [-0.15, -0.1) is 0 Å². The molecule has 0 saturated heterocycles. The second-order valence-corrected chi connectivity index (χ2v) is 6.20. The van der Waals surface area contributed by atoms with Crippen LogP contribution in [0.5, 0.6) is 5.75 Å². The van der Waals surface area contributed by atoms with Crippen molar-refractivity contribution in [3.8, 4) is 5.75 Å². The SMILES string of the molecule is O=C1COc2cc(C(=O)N(Cc3ccccc3)C3CC3)ccc2N1. The van der Waals surface area contributed by atoms with Gasteiger partial charge in [0.2, 0.25) is 0 Å². The molecule has 24 heavy (non-hydrogen) atoms. The van der Waals surface area contributed by atoms with Crippen molar-refractivity contribution in [1.29, 1.82) is 0 Å². The van der Waals surface area contributed by atoms with Gasteiger partial charge in [-0.25, -0.2) is 0 Å². The van der Waals surface area contributed by atoms with Gasteiger partial charge in [0.15, 0.2) is 6.61 Å². The van der Waals surface area contributed by atoms with Gasteiger partial charge in [0.05, 0.1) is 5.69 Å². The standard InChI is InChI=1S/C19H18N2O3/c22-18-12-24-17-10-14(6-9-16(17)20-18)19(23)21(15-7-8-15)11-13-4-2-1-3-5-13/h1-6,9-10,15H,7-8,11-12H2,(H,20,22). The minimum Gasteiger partial charge on any atom is -0.482 e. The van der Waals surface area contributed by atoms with Gasteiger partial charge in [0.1, 0.15) is 5.75 Å². The molecule has 1 fully saturated rings. The zero-order valence-corrected chi connectivity index (χ0v) is 13.2. The lowest BCUT2D eigenvalue weighted by molar-refractivity contribution is -0.118. The number of fused-ring (bicyclic) bond motifs is 1. The Bertz CT molecular complexity index is 784. The molecule has 4 rings (SSSR count). The number of ether oxygens (including phenoxy) is 1. The number of nitrogens with zero attached hydrogens (tertiary/aromatic N) is 1. The van der Waals surface area contributed by atoms with Crippen LogP contribution >= 0.6 is 0 Å². The lowest BCUT2D eigenvalue weighted by Gasteiger charge is -2.24. The van der Waals surface area contributed by atoms with Crippen molar-refractivity contribution in [2.24, 2.45) is 0 Å². The molecular formula is C19H18N2O3. The zero-order valence-electron chi connectivity index (χ0n) is 13.2. The Morgan fingerprint density at radius 3 is 2.71 bits per heavy atom. The summed E-state index contributed by atoms with van der Waals surface area (Å²) in [5.41, 5.74) is 2.33. The number of nitrogens with one attached hydrogen (secondary N) is 1. The van der Waals surface area contributed by atoms with Crippen LogP contribution in [0, 0.1) is 0 Å². The number of rotatable bonds is 4. The molecule has 0 bridgehead atoms. The highest BCUT2D eigenvalue weighted by molar-refractivity contribution is 5.99. The number of hydrogen-bond acceptors (Lipinski definition) is 3. The Balaban J connectivity index is 1.58. The van der Waals surface area contributed by atoms with Gasteiger partial charge >= 0.3 is 0 Å². The molecule has 5 nitrogen and oxygen atoms in total. The van der Waals surface area contributed by atoms with Crippen LogP contribution in [0.15, 0.2) is 48.5 Å². The van der Waals surface area contributed by atoms with Crippen LogP contribution in [0.25, 0.3) is 0 Å². The molecule has 0 atom stereocenters. The van der Waals surface area contributed by atoms with E-state index in [4.69, 9.17) is 4.74 Å². The molecule has 1 aliphatic heterocycles. The number of hydrogen-bond donors (Lipinski definition) is 1. The number of carbonyl (C=O) groups excluding carboxylic acids is 2. The molecule has 0 unspecified atom stereocenters. The average molecular weight is 322 g/mol. The van der Waals surface area contributed by atoms with E-state index in [1.54, 1.807) is 18.2 Å². The van der Waals surface area contributed by atoms with E-state index in [9.17, 15) is 9.59 Å². The number of benzene rings is 2. The number of anilines is 1. The maximum absolute atomic E-state index is 13.0. The van der Waals surface area contributed by atoms with Crippen molar-refractivity contribution in [2.75, 3.05) is 11.9 Å². The third-order valence-electron chi connectivity index (χ3n) is 4.31. The number of amides is 2. The van der Waals surface area contributed by atoms with Crippen molar-refractivity contribution < 1.29 is 14.3 Å². The average Bonchev–Trinajstić information content (AvgIpc) is 3.44. The van der Waals surface area contributed by atoms with E-state index in [-0.39, 0.29) is 18.4 Å². The molecule has 2 aromatic rings. The Kier molecular flexibility index (Phi) is 3.69. The molecule has 2 aromatic carbocycles. The molecule has 1 aliphatic carbocycles. The van der Waals surface area contributed by atoms with Crippen molar-refractivity contribution in [3.05, 3.63) is 59.7 Å². The van der Waals surface area contributed by atoms with E-state index in [2.05, 4.69) is 5.32 Å². The third-order valence-corrected chi connectivity index (χ3v) is 4.31. The molecular weight excluding hydrogens is 304 g/mol. The van der Waals surface area contributed by atoms with E-state index in [1.165, 1.54) is 0 Å². The summed E-state index contributed by atoms with van der Waals surface area (Å²) in [6.45, 7) is 0.597. The molecule has 0 spiro atoms. The van der Waals surface area contributed by atoms with Crippen LogP contribution in [0.3, 0.4) is 0 Å². The third kappa shape index (κ3) is 2.97. The molecule has 1 saturated carbocycles. The maximum Gasteiger partial charge on any atom is 0.262 e. The van der Waals surface area contributed by atoms with E-state index < -0.39 is 0 Å². The fraction of sp³-hybridized carbons (Fsp3) is 0.263. The molecule has 2 aliphatic rings. The number of carbonyl (C=O) groups is 2. The highest BCUT2D eigenvalue weighted by Crippen LogP contribution is 2.33. The summed E-state index contributed by atoms with van der Waals surface area (Å²) in [6.07, 6.45) is 2.10. The summed E-state index contributed by atoms with van der Waals surface area (Å²) in [7, 11) is 0.